The molecule has 96 valence electrons. The molecular weight excluding hydrogens is 246 g/mol. The molecule has 3 N–H and O–H groups in total. The number of hydrogen-bond acceptors (Lipinski definition) is 6. The SMILES string of the molecule is NNc1cnc(Cn2ccn3nccc3c2=O)cn1. The maximum Gasteiger partial charge on any atom is 0.276 e. The first-order valence-electron chi connectivity index (χ1n) is 5.58. The Labute approximate surface area is 107 Å². The molecule has 0 amide bonds. The quantitative estimate of drug-likeness (QED) is 0.489. The van der Waals surface area contributed by atoms with Crippen LogP contribution < -0.4 is 16.8 Å². The molecule has 0 fully saturated rings. The monoisotopic (exact) mass is 257 g/mol. The molecule has 0 radical (unpaired) electrons. The molecule has 0 unspecified atom stereocenters. The topological polar surface area (TPSA) is 103 Å². The number of hydrazine groups is 1. The summed E-state index contributed by atoms with van der Waals surface area (Å²) in [5, 5.41) is 4.00. The van der Waals surface area contributed by atoms with Gasteiger partial charge >= 0.3 is 0 Å². The first kappa shape index (κ1) is 11.4. The predicted octanol–water partition coefficient (Wildman–Crippen LogP) is -0.380. The lowest BCUT2D eigenvalue weighted by atomic mass is 10.4. The summed E-state index contributed by atoms with van der Waals surface area (Å²) >= 11 is 0. The van der Waals surface area contributed by atoms with E-state index in [-0.39, 0.29) is 5.56 Å². The van der Waals surface area contributed by atoms with Gasteiger partial charge in [-0.15, -0.1) is 0 Å². The number of rotatable bonds is 3. The third kappa shape index (κ3) is 2.04. The van der Waals surface area contributed by atoms with Gasteiger partial charge in [0.05, 0.1) is 30.8 Å². The Morgan fingerprint density at radius 1 is 1.26 bits per heavy atom. The molecule has 0 atom stereocenters. The first-order chi connectivity index (χ1) is 9.28. The summed E-state index contributed by atoms with van der Waals surface area (Å²) < 4.78 is 3.09. The molecule has 0 aliphatic rings. The maximum absolute atomic E-state index is 12.1. The highest BCUT2D eigenvalue weighted by atomic mass is 16.1. The Hall–Kier alpha value is -2.74. The van der Waals surface area contributed by atoms with Crippen molar-refractivity contribution in [2.75, 3.05) is 5.43 Å². The number of nitrogens with two attached hydrogens (primary N) is 1. The van der Waals surface area contributed by atoms with Crippen LogP contribution in [0.15, 0.2) is 41.8 Å². The van der Waals surface area contributed by atoms with Gasteiger partial charge < -0.3 is 9.99 Å². The fourth-order valence-corrected chi connectivity index (χ4v) is 1.77. The van der Waals surface area contributed by atoms with Gasteiger partial charge in [-0.1, -0.05) is 0 Å². The Morgan fingerprint density at radius 3 is 2.89 bits per heavy atom. The summed E-state index contributed by atoms with van der Waals surface area (Å²) in [7, 11) is 0. The molecule has 0 spiro atoms. The molecular formula is C11H11N7O. The third-order valence-corrected chi connectivity index (χ3v) is 2.72. The number of nitrogen functional groups attached to an aromatic ring is 1. The van der Waals surface area contributed by atoms with E-state index >= 15 is 0 Å². The molecule has 0 aliphatic carbocycles. The number of nitrogens with one attached hydrogen (secondary N) is 1. The standard InChI is InChI=1S/C11H11N7O/c12-16-10-6-13-8(5-14-10)7-17-3-4-18-9(11(17)19)1-2-15-18/h1-6H,7,12H2,(H,14,16). The summed E-state index contributed by atoms with van der Waals surface area (Å²) in [6.07, 6.45) is 8.06. The van der Waals surface area contributed by atoms with Gasteiger partial charge in [-0.05, 0) is 6.07 Å². The Bertz CT molecular complexity index is 759. The predicted molar refractivity (Wildman–Crippen MR) is 68.4 cm³/mol. The number of anilines is 1. The van der Waals surface area contributed by atoms with Gasteiger partial charge in [0, 0.05) is 12.4 Å². The second kappa shape index (κ2) is 4.50. The van der Waals surface area contributed by atoms with Crippen molar-refractivity contribution in [3.05, 3.63) is 53.1 Å². The van der Waals surface area contributed by atoms with Gasteiger partial charge in [-0.3, -0.25) is 9.78 Å². The lowest BCUT2D eigenvalue weighted by Crippen LogP contribution is -2.22. The van der Waals surface area contributed by atoms with Gasteiger partial charge in [-0.25, -0.2) is 15.3 Å². The molecule has 0 saturated carbocycles. The van der Waals surface area contributed by atoms with Crippen LogP contribution in [0.2, 0.25) is 0 Å². The van der Waals surface area contributed by atoms with Crippen molar-refractivity contribution >= 4 is 11.3 Å². The van der Waals surface area contributed by atoms with Crippen LogP contribution in [-0.2, 0) is 6.54 Å². The highest BCUT2D eigenvalue weighted by molar-refractivity contribution is 5.42. The Kier molecular flexibility index (Phi) is 2.69. The van der Waals surface area contributed by atoms with Gasteiger partial charge in [0.15, 0.2) is 5.82 Å². The molecule has 3 aromatic rings. The van der Waals surface area contributed by atoms with Crippen molar-refractivity contribution < 1.29 is 0 Å². The molecule has 19 heavy (non-hydrogen) atoms. The van der Waals surface area contributed by atoms with E-state index in [0.717, 1.165) is 0 Å². The van der Waals surface area contributed by atoms with Crippen molar-refractivity contribution in [3.8, 4) is 0 Å². The fraction of sp³-hybridized carbons (Fsp3) is 0.0909. The lowest BCUT2D eigenvalue weighted by molar-refractivity contribution is 0.722. The maximum atomic E-state index is 12.1. The molecule has 3 heterocycles. The average molecular weight is 257 g/mol. The third-order valence-electron chi connectivity index (χ3n) is 2.72. The van der Waals surface area contributed by atoms with E-state index in [1.165, 1.54) is 10.7 Å². The summed E-state index contributed by atoms with van der Waals surface area (Å²) in [5.41, 5.74) is 3.47. The number of hydrogen-bond donors (Lipinski definition) is 2. The summed E-state index contributed by atoms with van der Waals surface area (Å²) in [6.45, 7) is 0.346. The fourth-order valence-electron chi connectivity index (χ4n) is 1.77. The zero-order valence-electron chi connectivity index (χ0n) is 9.89. The minimum Gasteiger partial charge on any atom is -0.307 e. The van der Waals surface area contributed by atoms with Crippen molar-refractivity contribution in [3.63, 3.8) is 0 Å². The number of nitrogens with zero attached hydrogens (tertiary/aromatic N) is 5. The van der Waals surface area contributed by atoms with Crippen LogP contribution in [0.5, 0.6) is 0 Å². The van der Waals surface area contributed by atoms with Crippen molar-refractivity contribution in [1.29, 1.82) is 0 Å². The normalized spacial score (nSPS) is 10.8. The van der Waals surface area contributed by atoms with E-state index in [1.807, 2.05) is 0 Å². The zero-order chi connectivity index (χ0) is 13.2. The van der Waals surface area contributed by atoms with Crippen LogP contribution >= 0.6 is 0 Å². The minimum atomic E-state index is -0.122. The van der Waals surface area contributed by atoms with Crippen LogP contribution in [0.25, 0.3) is 5.52 Å². The Morgan fingerprint density at radius 2 is 2.16 bits per heavy atom. The second-order valence-electron chi connectivity index (χ2n) is 3.93. The molecule has 8 heteroatoms. The Balaban J connectivity index is 1.95. The van der Waals surface area contributed by atoms with Crippen molar-refractivity contribution in [1.82, 2.24) is 24.1 Å². The highest BCUT2D eigenvalue weighted by Gasteiger charge is 2.04. The average Bonchev–Trinajstić information content (AvgIpc) is 2.92. The van der Waals surface area contributed by atoms with E-state index in [2.05, 4.69) is 20.5 Å². The molecule has 0 saturated heterocycles. The summed E-state index contributed by atoms with van der Waals surface area (Å²) in [5.74, 6) is 5.68. The first-order valence-corrected chi connectivity index (χ1v) is 5.58. The lowest BCUT2D eigenvalue weighted by Gasteiger charge is -2.06. The van der Waals surface area contributed by atoms with E-state index < -0.39 is 0 Å². The highest BCUT2D eigenvalue weighted by Crippen LogP contribution is 2.01. The second-order valence-corrected chi connectivity index (χ2v) is 3.93. The van der Waals surface area contributed by atoms with Crippen LogP contribution in [0.1, 0.15) is 5.69 Å². The van der Waals surface area contributed by atoms with Gasteiger partial charge in [0.1, 0.15) is 5.52 Å². The summed E-state index contributed by atoms with van der Waals surface area (Å²) in [6, 6.07) is 1.67. The smallest absolute Gasteiger partial charge is 0.276 e. The molecule has 0 bridgehead atoms. The number of fused-ring (bicyclic) bond motifs is 1. The van der Waals surface area contributed by atoms with E-state index in [0.29, 0.717) is 23.6 Å². The van der Waals surface area contributed by atoms with Crippen molar-refractivity contribution in [2.24, 2.45) is 5.84 Å². The van der Waals surface area contributed by atoms with E-state index in [1.54, 1.807) is 35.4 Å². The molecule has 3 rings (SSSR count). The zero-order valence-corrected chi connectivity index (χ0v) is 9.89. The largest absolute Gasteiger partial charge is 0.307 e. The van der Waals surface area contributed by atoms with E-state index in [4.69, 9.17) is 5.84 Å². The van der Waals surface area contributed by atoms with Crippen LogP contribution in [0.4, 0.5) is 5.82 Å². The minimum absolute atomic E-state index is 0.122. The number of aromatic nitrogens is 5. The molecule has 0 aliphatic heterocycles. The van der Waals surface area contributed by atoms with Gasteiger partial charge in [0.25, 0.3) is 5.56 Å². The molecule has 3 aromatic heterocycles. The van der Waals surface area contributed by atoms with Crippen LogP contribution in [0, 0.1) is 0 Å². The molecule has 0 aromatic carbocycles. The van der Waals surface area contributed by atoms with Crippen LogP contribution in [0.3, 0.4) is 0 Å². The molecule has 8 nitrogen and oxygen atoms in total. The van der Waals surface area contributed by atoms with E-state index in [9.17, 15) is 4.79 Å². The van der Waals surface area contributed by atoms with Crippen LogP contribution in [-0.4, -0.2) is 24.1 Å². The van der Waals surface area contributed by atoms with Gasteiger partial charge in [0.2, 0.25) is 0 Å². The summed E-state index contributed by atoms with van der Waals surface area (Å²) in [4.78, 5) is 20.3. The van der Waals surface area contributed by atoms with Gasteiger partial charge in [-0.2, -0.15) is 5.10 Å². The van der Waals surface area contributed by atoms with Crippen molar-refractivity contribution in [2.45, 2.75) is 6.54 Å².